The molecular formula is C24H17ClN4. The van der Waals surface area contributed by atoms with E-state index >= 15 is 0 Å². The van der Waals surface area contributed by atoms with Crippen LogP contribution in [0.5, 0.6) is 0 Å². The second-order valence-electron chi connectivity index (χ2n) is 6.67. The second kappa shape index (κ2) is 7.41. The number of rotatable bonds is 4. The van der Waals surface area contributed by atoms with Gasteiger partial charge in [-0.25, -0.2) is 9.97 Å². The Bertz CT molecular complexity index is 1260. The lowest BCUT2D eigenvalue weighted by atomic mass is 10.1. The van der Waals surface area contributed by atoms with Crippen LogP contribution in [-0.2, 0) is 0 Å². The van der Waals surface area contributed by atoms with E-state index in [0.717, 1.165) is 39.4 Å². The van der Waals surface area contributed by atoms with Gasteiger partial charge in [-0.1, -0.05) is 60.1 Å². The Morgan fingerprint density at radius 2 is 1.45 bits per heavy atom. The summed E-state index contributed by atoms with van der Waals surface area (Å²) in [6, 6.07) is 28.1. The number of fused-ring (bicyclic) bond motifs is 1. The number of hydrogen-bond donors (Lipinski definition) is 1. The first-order chi connectivity index (χ1) is 14.3. The third-order valence-corrected chi connectivity index (χ3v) is 5.06. The SMILES string of the molecule is Clc1ccc(-n2cc(-c3ccccc3)c3c(Nc4ccccc4)ncnc32)cc1. The average molecular weight is 397 g/mol. The first-order valence-electron chi connectivity index (χ1n) is 9.29. The van der Waals surface area contributed by atoms with Crippen molar-refractivity contribution < 1.29 is 0 Å². The van der Waals surface area contributed by atoms with E-state index in [2.05, 4.69) is 38.2 Å². The number of halogens is 1. The molecule has 0 aliphatic heterocycles. The summed E-state index contributed by atoms with van der Waals surface area (Å²) in [5.41, 5.74) is 4.97. The number of para-hydroxylation sites is 1. The van der Waals surface area contributed by atoms with Crippen LogP contribution >= 0.6 is 11.6 Å². The molecule has 3 aromatic carbocycles. The van der Waals surface area contributed by atoms with E-state index in [1.165, 1.54) is 0 Å². The van der Waals surface area contributed by atoms with Gasteiger partial charge in [-0.05, 0) is 42.0 Å². The van der Waals surface area contributed by atoms with Gasteiger partial charge in [0.25, 0.3) is 0 Å². The van der Waals surface area contributed by atoms with Gasteiger partial charge in [-0.2, -0.15) is 0 Å². The molecule has 5 rings (SSSR count). The molecule has 0 aliphatic carbocycles. The zero-order chi connectivity index (χ0) is 19.6. The minimum absolute atomic E-state index is 0.703. The van der Waals surface area contributed by atoms with Crippen molar-refractivity contribution in [1.29, 1.82) is 0 Å². The predicted octanol–water partition coefficient (Wildman–Crippen LogP) is 6.48. The maximum atomic E-state index is 6.09. The lowest BCUT2D eigenvalue weighted by Gasteiger charge is -2.09. The summed E-state index contributed by atoms with van der Waals surface area (Å²) in [5, 5.41) is 5.12. The molecule has 0 spiro atoms. The van der Waals surface area contributed by atoms with E-state index in [-0.39, 0.29) is 0 Å². The van der Waals surface area contributed by atoms with Crippen LogP contribution in [0.15, 0.2) is 97.5 Å². The van der Waals surface area contributed by atoms with Gasteiger partial charge in [0.1, 0.15) is 12.1 Å². The summed E-state index contributed by atoms with van der Waals surface area (Å²) in [4.78, 5) is 9.16. The molecule has 0 aliphatic rings. The molecule has 2 heterocycles. The Kier molecular flexibility index (Phi) is 4.47. The first-order valence-corrected chi connectivity index (χ1v) is 9.67. The summed E-state index contributed by atoms with van der Waals surface area (Å²) in [7, 11) is 0. The van der Waals surface area contributed by atoms with E-state index < -0.39 is 0 Å². The minimum atomic E-state index is 0.703. The van der Waals surface area contributed by atoms with Gasteiger partial charge in [-0.15, -0.1) is 0 Å². The predicted molar refractivity (Wildman–Crippen MR) is 119 cm³/mol. The van der Waals surface area contributed by atoms with Gasteiger partial charge in [0.15, 0.2) is 5.65 Å². The van der Waals surface area contributed by atoms with Crippen molar-refractivity contribution in [1.82, 2.24) is 14.5 Å². The number of nitrogens with one attached hydrogen (secondary N) is 1. The zero-order valence-electron chi connectivity index (χ0n) is 15.5. The lowest BCUT2D eigenvalue weighted by Crippen LogP contribution is -1.98. The molecule has 0 fully saturated rings. The highest BCUT2D eigenvalue weighted by Gasteiger charge is 2.17. The fourth-order valence-corrected chi connectivity index (χ4v) is 3.58. The number of nitrogens with zero attached hydrogens (tertiary/aromatic N) is 3. The smallest absolute Gasteiger partial charge is 0.150 e. The molecule has 0 saturated heterocycles. The molecule has 29 heavy (non-hydrogen) atoms. The molecule has 4 nitrogen and oxygen atoms in total. The Morgan fingerprint density at radius 3 is 2.17 bits per heavy atom. The zero-order valence-corrected chi connectivity index (χ0v) is 16.2. The Labute approximate surface area is 173 Å². The molecule has 5 aromatic rings. The molecule has 140 valence electrons. The van der Waals surface area contributed by atoms with Crippen LogP contribution in [0.4, 0.5) is 11.5 Å². The summed E-state index contributed by atoms with van der Waals surface area (Å²) in [5.74, 6) is 0.771. The third kappa shape index (κ3) is 3.35. The molecule has 0 atom stereocenters. The van der Waals surface area contributed by atoms with Crippen molar-refractivity contribution in [2.75, 3.05) is 5.32 Å². The third-order valence-electron chi connectivity index (χ3n) is 4.81. The maximum Gasteiger partial charge on any atom is 0.150 e. The number of benzene rings is 3. The Balaban J connectivity index is 1.76. The van der Waals surface area contributed by atoms with Crippen LogP contribution in [0.2, 0.25) is 5.02 Å². The van der Waals surface area contributed by atoms with Crippen LogP contribution < -0.4 is 5.32 Å². The van der Waals surface area contributed by atoms with Gasteiger partial charge in [0.2, 0.25) is 0 Å². The standard InChI is InChI=1S/C24H17ClN4/c25-18-11-13-20(14-12-18)29-15-21(17-7-3-1-4-8-17)22-23(26-16-27-24(22)29)28-19-9-5-2-6-10-19/h1-16H,(H,26,27,28). The lowest BCUT2D eigenvalue weighted by molar-refractivity contribution is 1.08. The van der Waals surface area contributed by atoms with Gasteiger partial charge >= 0.3 is 0 Å². The van der Waals surface area contributed by atoms with Crippen molar-refractivity contribution in [3.8, 4) is 16.8 Å². The van der Waals surface area contributed by atoms with Gasteiger partial charge in [0.05, 0.1) is 5.39 Å². The molecule has 0 unspecified atom stereocenters. The quantitative estimate of drug-likeness (QED) is 0.377. The van der Waals surface area contributed by atoms with Crippen LogP contribution in [0.25, 0.3) is 27.8 Å². The average Bonchev–Trinajstić information content (AvgIpc) is 3.16. The Hall–Kier alpha value is -3.63. The first kappa shape index (κ1) is 17.5. The summed E-state index contributed by atoms with van der Waals surface area (Å²) in [6.07, 6.45) is 3.70. The summed E-state index contributed by atoms with van der Waals surface area (Å²) >= 11 is 6.09. The van der Waals surface area contributed by atoms with Crippen molar-refractivity contribution in [3.05, 3.63) is 102 Å². The monoisotopic (exact) mass is 396 g/mol. The molecule has 0 radical (unpaired) electrons. The van der Waals surface area contributed by atoms with Crippen molar-refractivity contribution in [2.45, 2.75) is 0 Å². The molecular weight excluding hydrogens is 380 g/mol. The molecule has 0 saturated carbocycles. The van der Waals surface area contributed by atoms with E-state index in [4.69, 9.17) is 11.6 Å². The van der Waals surface area contributed by atoms with Crippen molar-refractivity contribution in [2.24, 2.45) is 0 Å². The number of hydrogen-bond acceptors (Lipinski definition) is 3. The van der Waals surface area contributed by atoms with Crippen LogP contribution in [-0.4, -0.2) is 14.5 Å². The van der Waals surface area contributed by atoms with Gasteiger partial charge < -0.3 is 9.88 Å². The van der Waals surface area contributed by atoms with Crippen LogP contribution in [0, 0.1) is 0 Å². The molecule has 1 N–H and O–H groups in total. The summed E-state index contributed by atoms with van der Waals surface area (Å²) in [6.45, 7) is 0. The molecule has 0 amide bonds. The number of anilines is 2. The number of aromatic nitrogens is 3. The normalized spacial score (nSPS) is 10.9. The minimum Gasteiger partial charge on any atom is -0.340 e. The fraction of sp³-hybridized carbons (Fsp3) is 0. The fourth-order valence-electron chi connectivity index (χ4n) is 3.45. The van der Waals surface area contributed by atoms with Gasteiger partial charge in [-0.3, -0.25) is 0 Å². The van der Waals surface area contributed by atoms with E-state index in [9.17, 15) is 0 Å². The van der Waals surface area contributed by atoms with Crippen molar-refractivity contribution >= 4 is 34.1 Å². The summed E-state index contributed by atoms with van der Waals surface area (Å²) < 4.78 is 2.08. The van der Waals surface area contributed by atoms with E-state index in [1.807, 2.05) is 72.8 Å². The van der Waals surface area contributed by atoms with Crippen molar-refractivity contribution in [3.63, 3.8) is 0 Å². The van der Waals surface area contributed by atoms with Crippen LogP contribution in [0.1, 0.15) is 0 Å². The molecule has 0 bridgehead atoms. The second-order valence-corrected chi connectivity index (χ2v) is 7.10. The van der Waals surface area contributed by atoms with E-state index in [0.29, 0.717) is 5.02 Å². The maximum absolute atomic E-state index is 6.09. The van der Waals surface area contributed by atoms with Gasteiger partial charge in [0, 0.05) is 28.2 Å². The Morgan fingerprint density at radius 1 is 0.759 bits per heavy atom. The highest BCUT2D eigenvalue weighted by atomic mass is 35.5. The highest BCUT2D eigenvalue weighted by molar-refractivity contribution is 6.30. The topological polar surface area (TPSA) is 42.7 Å². The van der Waals surface area contributed by atoms with E-state index in [1.54, 1.807) is 6.33 Å². The molecule has 2 aromatic heterocycles. The highest BCUT2D eigenvalue weighted by Crippen LogP contribution is 2.36. The van der Waals surface area contributed by atoms with Crippen LogP contribution in [0.3, 0.4) is 0 Å². The molecule has 5 heteroatoms. The largest absolute Gasteiger partial charge is 0.340 e.